The summed E-state index contributed by atoms with van der Waals surface area (Å²) in [5, 5.41) is 3.79. The van der Waals surface area contributed by atoms with Crippen molar-refractivity contribution in [1.82, 2.24) is 5.32 Å². The summed E-state index contributed by atoms with van der Waals surface area (Å²) >= 11 is 5.90. The Morgan fingerprint density at radius 3 is 2.35 bits per heavy atom. The molecule has 1 fully saturated rings. The number of benzene rings is 2. The molecule has 3 nitrogen and oxygen atoms in total. The third-order valence-corrected chi connectivity index (χ3v) is 6.33. The fourth-order valence-electron chi connectivity index (χ4n) is 2.99. The molecule has 1 aliphatic rings. The van der Waals surface area contributed by atoms with Crippen LogP contribution in [0.25, 0.3) is 0 Å². The van der Waals surface area contributed by atoms with Crippen LogP contribution in [0.1, 0.15) is 18.4 Å². The van der Waals surface area contributed by atoms with Crippen molar-refractivity contribution in [2.75, 3.05) is 13.1 Å². The van der Waals surface area contributed by atoms with Crippen LogP contribution in [0, 0.1) is 5.92 Å². The lowest BCUT2D eigenvalue weighted by Gasteiger charge is -2.22. The molecular formula is C18H20ClNO2S. The smallest absolute Gasteiger partial charge is 0.206 e. The highest BCUT2D eigenvalue weighted by atomic mass is 35.5. The predicted octanol–water partition coefficient (Wildman–Crippen LogP) is 3.71. The standard InChI is InChI=1S/C18H20ClNO2S/c19-16-2-1-3-18(13-16)23(21,22)17-6-4-14(5-7-17)12-15-8-10-20-11-9-15/h1-7,13,15,20H,8-12H2. The first-order chi connectivity index (χ1) is 11.1. The molecule has 2 aromatic rings. The molecule has 0 amide bonds. The van der Waals surface area contributed by atoms with E-state index >= 15 is 0 Å². The molecule has 0 aliphatic carbocycles. The largest absolute Gasteiger partial charge is 0.317 e. The van der Waals surface area contributed by atoms with Gasteiger partial charge < -0.3 is 5.32 Å². The molecule has 1 aliphatic heterocycles. The van der Waals surface area contributed by atoms with E-state index in [4.69, 9.17) is 11.6 Å². The third-order valence-electron chi connectivity index (χ3n) is 4.32. The van der Waals surface area contributed by atoms with Gasteiger partial charge in [0.2, 0.25) is 9.84 Å². The SMILES string of the molecule is O=S(=O)(c1ccc(CC2CCNCC2)cc1)c1cccc(Cl)c1. The Morgan fingerprint density at radius 2 is 1.70 bits per heavy atom. The zero-order chi connectivity index (χ0) is 16.3. The van der Waals surface area contributed by atoms with Gasteiger partial charge in [0.25, 0.3) is 0 Å². The maximum atomic E-state index is 12.6. The normalized spacial score (nSPS) is 16.4. The molecule has 122 valence electrons. The van der Waals surface area contributed by atoms with Crippen LogP contribution in [0.5, 0.6) is 0 Å². The van der Waals surface area contributed by atoms with Crippen molar-refractivity contribution in [3.8, 4) is 0 Å². The summed E-state index contributed by atoms with van der Waals surface area (Å²) in [6.07, 6.45) is 3.38. The fraction of sp³-hybridized carbons (Fsp3) is 0.333. The second-order valence-electron chi connectivity index (χ2n) is 6.00. The molecule has 0 aromatic heterocycles. The van der Waals surface area contributed by atoms with Crippen LogP contribution in [-0.2, 0) is 16.3 Å². The van der Waals surface area contributed by atoms with E-state index in [9.17, 15) is 8.42 Å². The first-order valence-electron chi connectivity index (χ1n) is 7.86. The summed E-state index contributed by atoms with van der Waals surface area (Å²) < 4.78 is 25.2. The van der Waals surface area contributed by atoms with Crippen molar-refractivity contribution >= 4 is 21.4 Å². The zero-order valence-electron chi connectivity index (χ0n) is 12.8. The quantitative estimate of drug-likeness (QED) is 0.915. The van der Waals surface area contributed by atoms with Crippen molar-refractivity contribution in [1.29, 1.82) is 0 Å². The highest BCUT2D eigenvalue weighted by Gasteiger charge is 2.18. The van der Waals surface area contributed by atoms with Crippen LogP contribution in [0.4, 0.5) is 0 Å². The van der Waals surface area contributed by atoms with Gasteiger partial charge in [0, 0.05) is 5.02 Å². The molecule has 3 rings (SSSR count). The lowest BCUT2D eigenvalue weighted by atomic mass is 9.91. The van der Waals surface area contributed by atoms with Crippen molar-refractivity contribution in [3.05, 3.63) is 59.1 Å². The molecule has 5 heteroatoms. The summed E-state index contributed by atoms with van der Waals surface area (Å²) in [4.78, 5) is 0.546. The Hall–Kier alpha value is -1.36. The highest BCUT2D eigenvalue weighted by Crippen LogP contribution is 2.25. The van der Waals surface area contributed by atoms with E-state index in [0.29, 0.717) is 15.8 Å². The van der Waals surface area contributed by atoms with E-state index in [1.54, 1.807) is 30.3 Å². The molecule has 0 radical (unpaired) electrons. The molecule has 0 saturated carbocycles. The first-order valence-corrected chi connectivity index (χ1v) is 9.72. The zero-order valence-corrected chi connectivity index (χ0v) is 14.4. The van der Waals surface area contributed by atoms with Crippen molar-refractivity contribution in [2.24, 2.45) is 5.92 Å². The second-order valence-corrected chi connectivity index (χ2v) is 8.39. The molecule has 2 aromatic carbocycles. The minimum Gasteiger partial charge on any atom is -0.317 e. The maximum absolute atomic E-state index is 12.6. The van der Waals surface area contributed by atoms with E-state index in [1.807, 2.05) is 12.1 Å². The monoisotopic (exact) mass is 349 g/mol. The summed E-state index contributed by atoms with van der Waals surface area (Å²) in [6, 6.07) is 13.6. The van der Waals surface area contributed by atoms with Gasteiger partial charge in [-0.1, -0.05) is 29.8 Å². The average molecular weight is 350 g/mol. The number of halogens is 1. The van der Waals surface area contributed by atoms with E-state index < -0.39 is 9.84 Å². The molecule has 0 spiro atoms. The molecule has 0 bridgehead atoms. The third kappa shape index (κ3) is 3.94. The lowest BCUT2D eigenvalue weighted by Crippen LogP contribution is -2.28. The lowest BCUT2D eigenvalue weighted by molar-refractivity contribution is 0.372. The Balaban J connectivity index is 1.78. The number of hydrogen-bond acceptors (Lipinski definition) is 3. The Bertz CT molecular complexity index is 766. The highest BCUT2D eigenvalue weighted by molar-refractivity contribution is 7.91. The Kier molecular flexibility index (Phi) is 5.05. The molecule has 1 saturated heterocycles. The number of piperidine rings is 1. The maximum Gasteiger partial charge on any atom is 0.206 e. The van der Waals surface area contributed by atoms with Crippen LogP contribution in [0.15, 0.2) is 58.3 Å². The number of sulfone groups is 1. The minimum absolute atomic E-state index is 0.233. The topological polar surface area (TPSA) is 46.2 Å². The van der Waals surface area contributed by atoms with Gasteiger partial charge in [-0.05, 0) is 74.2 Å². The van der Waals surface area contributed by atoms with Gasteiger partial charge in [-0.2, -0.15) is 0 Å². The van der Waals surface area contributed by atoms with Crippen molar-refractivity contribution < 1.29 is 8.42 Å². The van der Waals surface area contributed by atoms with Gasteiger partial charge in [-0.15, -0.1) is 0 Å². The number of rotatable bonds is 4. The summed E-state index contributed by atoms with van der Waals surface area (Å²) in [5.41, 5.74) is 1.20. The number of hydrogen-bond donors (Lipinski definition) is 1. The molecule has 1 N–H and O–H groups in total. The van der Waals surface area contributed by atoms with Gasteiger partial charge in [0.15, 0.2) is 0 Å². The Morgan fingerprint density at radius 1 is 1.00 bits per heavy atom. The molecular weight excluding hydrogens is 330 g/mol. The predicted molar refractivity (Wildman–Crippen MR) is 92.6 cm³/mol. The molecule has 0 unspecified atom stereocenters. The van der Waals surface area contributed by atoms with E-state index in [-0.39, 0.29) is 4.90 Å². The van der Waals surface area contributed by atoms with Gasteiger partial charge in [-0.3, -0.25) is 0 Å². The molecule has 0 atom stereocenters. The molecule has 23 heavy (non-hydrogen) atoms. The molecule has 1 heterocycles. The minimum atomic E-state index is -3.51. The van der Waals surface area contributed by atoms with Gasteiger partial charge in [0.05, 0.1) is 9.79 Å². The summed E-state index contributed by atoms with van der Waals surface area (Å²) in [5.74, 6) is 0.687. The van der Waals surface area contributed by atoms with Crippen molar-refractivity contribution in [2.45, 2.75) is 29.1 Å². The van der Waals surface area contributed by atoms with E-state index in [1.165, 1.54) is 24.5 Å². The van der Waals surface area contributed by atoms with Crippen molar-refractivity contribution in [3.63, 3.8) is 0 Å². The van der Waals surface area contributed by atoms with Crippen LogP contribution >= 0.6 is 11.6 Å². The van der Waals surface area contributed by atoms with Crippen LogP contribution < -0.4 is 5.32 Å². The van der Waals surface area contributed by atoms with Crippen LogP contribution in [0.2, 0.25) is 5.02 Å². The van der Waals surface area contributed by atoms with Crippen LogP contribution in [0.3, 0.4) is 0 Å². The second kappa shape index (κ2) is 7.04. The van der Waals surface area contributed by atoms with Gasteiger partial charge in [-0.25, -0.2) is 8.42 Å². The first kappa shape index (κ1) is 16.5. The van der Waals surface area contributed by atoms with Crippen LogP contribution in [-0.4, -0.2) is 21.5 Å². The fourth-order valence-corrected chi connectivity index (χ4v) is 4.56. The summed E-state index contributed by atoms with van der Waals surface area (Å²) in [7, 11) is -3.51. The summed E-state index contributed by atoms with van der Waals surface area (Å²) in [6.45, 7) is 2.15. The number of nitrogens with one attached hydrogen (secondary N) is 1. The van der Waals surface area contributed by atoms with Gasteiger partial charge in [0.1, 0.15) is 0 Å². The van der Waals surface area contributed by atoms with E-state index in [0.717, 1.165) is 19.5 Å². The Labute approximate surface area is 142 Å². The van der Waals surface area contributed by atoms with E-state index in [2.05, 4.69) is 5.32 Å². The van der Waals surface area contributed by atoms with Gasteiger partial charge >= 0.3 is 0 Å². The average Bonchev–Trinajstić information content (AvgIpc) is 2.56.